The summed E-state index contributed by atoms with van der Waals surface area (Å²) in [6, 6.07) is 16.2. The predicted molar refractivity (Wildman–Crippen MR) is 326 cm³/mol. The topological polar surface area (TPSA) is 375 Å². The smallest absolute Gasteiger partial charge is 0.326 e. The van der Waals surface area contributed by atoms with Gasteiger partial charge in [-0.1, -0.05) is 44.2 Å². The summed E-state index contributed by atoms with van der Waals surface area (Å²) >= 11 is 0. The number of nitrogens with one attached hydrogen (secondary N) is 2. The first kappa shape index (κ1) is 61.2. The van der Waals surface area contributed by atoms with Gasteiger partial charge in [-0.05, 0) is 105 Å². The number of aliphatic carboxylic acids is 2. The third-order valence-electron chi connectivity index (χ3n) is 20.0. The number of fused-ring (bicyclic) bond motifs is 7. The van der Waals surface area contributed by atoms with E-state index in [2.05, 4.69) is 52.2 Å². The minimum absolute atomic E-state index is 0.0138. The van der Waals surface area contributed by atoms with Crippen molar-refractivity contribution in [2.24, 2.45) is 17.1 Å². The fourth-order valence-corrected chi connectivity index (χ4v) is 16.1. The zero-order chi connectivity index (χ0) is 63.0. The highest BCUT2D eigenvalue weighted by Crippen LogP contribution is 2.67. The van der Waals surface area contributed by atoms with Gasteiger partial charge in [0.1, 0.15) is 23.3 Å². The van der Waals surface area contributed by atoms with E-state index in [-0.39, 0.29) is 42.1 Å². The maximum absolute atomic E-state index is 15.2. The first-order valence-electron chi connectivity index (χ1n) is 29.8. The Kier molecular flexibility index (Phi) is 15.9. The minimum atomic E-state index is -2.30. The van der Waals surface area contributed by atoms with Crippen LogP contribution < -0.4 is 37.1 Å². The molecule has 2 amide bonds. The van der Waals surface area contributed by atoms with Gasteiger partial charge < -0.3 is 72.3 Å². The zero-order valence-corrected chi connectivity index (χ0v) is 50.2. The maximum atomic E-state index is 15.2. The monoisotopic (exact) mass is 1210 g/mol. The van der Waals surface area contributed by atoms with Crippen molar-refractivity contribution in [3.05, 3.63) is 113 Å². The molecule has 25 nitrogen and oxygen atoms in total. The number of hydrogen-bond donors (Lipinski definition) is 10. The average Bonchev–Trinajstić information content (AvgIpc) is 1.45. The van der Waals surface area contributed by atoms with Crippen LogP contribution in [0, 0.1) is 11.3 Å². The highest BCUT2D eigenvalue weighted by Gasteiger charge is 2.78. The van der Waals surface area contributed by atoms with Gasteiger partial charge in [-0.15, -0.1) is 0 Å². The molecule has 13 N–H and O–H groups in total. The van der Waals surface area contributed by atoms with Crippen LogP contribution in [-0.2, 0) is 47.7 Å². The summed E-state index contributed by atoms with van der Waals surface area (Å²) < 4.78 is 12.2. The van der Waals surface area contributed by atoms with E-state index in [9.17, 15) is 39.6 Å². The number of benzene rings is 3. The number of rotatable bonds is 15. The molecule has 2 bridgehead atoms. The Bertz CT molecular complexity index is 3790. The van der Waals surface area contributed by atoms with Crippen LogP contribution in [0.5, 0.6) is 5.75 Å². The molecule has 8 heterocycles. The second-order valence-corrected chi connectivity index (χ2v) is 24.7. The lowest BCUT2D eigenvalue weighted by atomic mass is 9.47. The Morgan fingerprint density at radius 3 is 2.38 bits per heavy atom. The van der Waals surface area contributed by atoms with Crippen LogP contribution in [0.15, 0.2) is 79.0 Å². The number of methoxy groups -OCH3 is 2. The van der Waals surface area contributed by atoms with Gasteiger partial charge in [0.25, 0.3) is 11.8 Å². The standard InChI is InChI=1S/C43H55N5O7.C20H22N8O5/c1-6-39(52)21-25-22-42(38(51)55-5,33-27(13-17-47(23-25)24-39)26-11-8-9-12-30(26)45-33)29-19-28-31(20-32(29)54-4)46(3)35-41(28)15-18-48-16-10-14-40(7-2,34(41)48)36(49)43(35,53)37(44)50;1-28(9-11-8-23-17-15(24-11)16(21)26-20(22)27-17)12-4-2-10(3-5-12)18(31)25-13(19(32)33)6-7-14(29)30/h8-12,14,19-20,25,34-36,45,49,52-53H,6-7,13,15-18,21-24H2,1-5H3,(H2,44,50);2-5,8,13H,6-7,9H2,1H3,(H,25,31)(H,29,30)(H,32,33)(H4,21,22,23,26,27)/t25-,34+,35-,36-,39+,40-,41-,42+,43+;13-/m10/s1. The maximum Gasteiger partial charge on any atom is 0.326 e. The number of H-pyrrole nitrogens is 1. The lowest BCUT2D eigenvalue weighted by Gasteiger charge is -2.63. The molecule has 0 radical (unpaired) electrons. The summed E-state index contributed by atoms with van der Waals surface area (Å²) in [5.41, 5.74) is 18.4. The summed E-state index contributed by atoms with van der Waals surface area (Å²) in [6.07, 6.45) is 6.74. The molecule has 1 saturated carbocycles. The van der Waals surface area contributed by atoms with Crippen LogP contribution >= 0.6 is 0 Å². The molecule has 1 spiro atoms. The SMILES string of the molecule is CC[C@]1(O)C[C@H]2CN(CCc3c([nH]c4ccccc34)[C@@](C(=O)OC)(c3cc4c(cc3OC)N(C)[C@H]3[C@@](O)(C(N)=O)[C@H](O)[C@]5(CC)C=CCN6CC[C@]43[C@@H]65)C2)C1.CN(Cc1cnc2nc(N)nc(N)c2n1)c1ccc(C(=O)N[C@@H](CCC(=O)O)C(=O)O)cc1. The number of carboxylic acid groups (broad SMARTS) is 2. The normalized spacial score (nSPS) is 28.7. The van der Waals surface area contributed by atoms with Crippen molar-refractivity contribution in [1.29, 1.82) is 0 Å². The Morgan fingerprint density at radius 2 is 1.69 bits per heavy atom. The Balaban J connectivity index is 0.000000208. The number of primary amides is 1. The number of hydrogen-bond acceptors (Lipinski definition) is 20. The number of aliphatic hydroxyl groups is 3. The molecule has 466 valence electrons. The van der Waals surface area contributed by atoms with Crippen LogP contribution in [0.4, 0.5) is 23.1 Å². The number of ether oxygens (including phenoxy) is 2. The molecule has 1 unspecified atom stereocenters. The first-order chi connectivity index (χ1) is 41.9. The Morgan fingerprint density at radius 1 is 0.943 bits per heavy atom. The minimum Gasteiger partial charge on any atom is -0.496 e. The number of carboxylic acids is 2. The van der Waals surface area contributed by atoms with E-state index in [0.717, 1.165) is 52.2 Å². The number of nitrogens with zero attached hydrogens (tertiary/aromatic N) is 8. The second kappa shape index (κ2) is 22.9. The van der Waals surface area contributed by atoms with Gasteiger partial charge in [0.05, 0.1) is 44.3 Å². The largest absolute Gasteiger partial charge is 0.496 e. The third-order valence-corrected chi connectivity index (χ3v) is 20.0. The molecule has 6 aromatic rings. The van der Waals surface area contributed by atoms with Crippen molar-refractivity contribution >= 4 is 74.9 Å². The number of aromatic amines is 1. The lowest BCUT2D eigenvalue weighted by Crippen LogP contribution is -2.81. The van der Waals surface area contributed by atoms with E-state index in [1.54, 1.807) is 25.4 Å². The molecule has 2 saturated heterocycles. The second-order valence-electron chi connectivity index (χ2n) is 24.7. The van der Waals surface area contributed by atoms with Gasteiger partial charge in [0, 0.05) is 109 Å². The number of carbonyl (C=O) groups excluding carboxylic acids is 3. The summed E-state index contributed by atoms with van der Waals surface area (Å²) in [7, 11) is 6.71. The molecule has 5 aliphatic heterocycles. The molecule has 25 heteroatoms. The van der Waals surface area contributed by atoms with Crippen molar-refractivity contribution in [2.45, 2.75) is 118 Å². The van der Waals surface area contributed by atoms with E-state index in [1.165, 1.54) is 19.2 Å². The summed E-state index contributed by atoms with van der Waals surface area (Å²) in [4.78, 5) is 92.0. The number of piperidine rings is 1. The number of para-hydroxylation sites is 1. The van der Waals surface area contributed by atoms with E-state index >= 15 is 4.79 Å². The molecular formula is C63H77N13O12. The predicted octanol–water partition coefficient (Wildman–Crippen LogP) is 3.00. The van der Waals surface area contributed by atoms with E-state index in [1.807, 2.05) is 74.2 Å². The number of anilines is 4. The molecule has 3 aromatic heterocycles. The number of aliphatic hydroxyl groups excluding tert-OH is 1. The average molecular weight is 1210 g/mol. The van der Waals surface area contributed by atoms with Gasteiger partial charge in [0.2, 0.25) is 5.95 Å². The van der Waals surface area contributed by atoms with Crippen molar-refractivity contribution in [3.63, 3.8) is 0 Å². The molecule has 6 aliphatic rings. The van der Waals surface area contributed by atoms with Crippen LogP contribution in [0.25, 0.3) is 22.1 Å². The summed E-state index contributed by atoms with van der Waals surface area (Å²) in [5, 5.41) is 58.2. The molecule has 12 rings (SSSR count). The Hall–Kier alpha value is -8.49. The number of amides is 2. The highest BCUT2D eigenvalue weighted by molar-refractivity contribution is 5.97. The Labute approximate surface area is 507 Å². The molecule has 1 aliphatic carbocycles. The first-order valence-corrected chi connectivity index (χ1v) is 29.8. The van der Waals surface area contributed by atoms with E-state index in [4.69, 9.17) is 31.8 Å². The van der Waals surface area contributed by atoms with Gasteiger partial charge in [-0.25, -0.2) is 14.8 Å². The number of carbonyl (C=O) groups is 5. The fraction of sp³-hybridized carbons (Fsp3) is 0.476. The van der Waals surface area contributed by atoms with Crippen molar-refractivity contribution in [1.82, 2.24) is 40.0 Å². The zero-order valence-electron chi connectivity index (χ0n) is 50.2. The molecule has 3 aromatic carbocycles. The van der Waals surface area contributed by atoms with E-state index < -0.39 is 75.4 Å². The van der Waals surface area contributed by atoms with E-state index in [0.29, 0.717) is 92.9 Å². The van der Waals surface area contributed by atoms with Crippen molar-refractivity contribution in [2.75, 3.05) is 82.3 Å². The lowest BCUT2D eigenvalue weighted by molar-refractivity contribution is -0.201. The van der Waals surface area contributed by atoms with Crippen LogP contribution in [0.3, 0.4) is 0 Å². The molecule has 88 heavy (non-hydrogen) atoms. The molecule has 11 atom stereocenters. The highest BCUT2D eigenvalue weighted by atomic mass is 16.5. The van der Waals surface area contributed by atoms with Crippen molar-refractivity contribution < 1.29 is 59.0 Å². The van der Waals surface area contributed by atoms with Crippen LogP contribution in [-0.4, -0.2) is 186 Å². The fourth-order valence-electron chi connectivity index (χ4n) is 16.1. The quantitative estimate of drug-likeness (QED) is 0.0522. The van der Waals surface area contributed by atoms with Crippen molar-refractivity contribution in [3.8, 4) is 5.75 Å². The van der Waals surface area contributed by atoms with Gasteiger partial charge in [-0.2, -0.15) is 9.97 Å². The van der Waals surface area contributed by atoms with Gasteiger partial charge >= 0.3 is 17.9 Å². The summed E-state index contributed by atoms with van der Waals surface area (Å²) in [6.45, 7) is 7.76. The molecular weight excluding hydrogens is 1130 g/mol. The third kappa shape index (κ3) is 9.77. The van der Waals surface area contributed by atoms with Gasteiger partial charge in [-0.3, -0.25) is 29.0 Å². The summed E-state index contributed by atoms with van der Waals surface area (Å²) in [5.74, 6) is -3.91. The van der Waals surface area contributed by atoms with Gasteiger partial charge in [0.15, 0.2) is 22.6 Å². The number of nitrogen functional groups attached to an aromatic ring is 2. The number of aromatic nitrogens is 5. The van der Waals surface area contributed by atoms with Crippen LogP contribution in [0.2, 0.25) is 0 Å². The number of likely N-dealkylation sites (N-methyl/N-ethyl adjacent to an activating group) is 1. The number of esters is 1. The molecule has 3 fully saturated rings. The van der Waals surface area contributed by atoms with Crippen LogP contribution in [0.1, 0.15) is 97.2 Å². The number of nitrogens with two attached hydrogens (primary N) is 3.